The third-order valence-corrected chi connectivity index (χ3v) is 6.39. The number of aliphatic hydroxyl groups excluding tert-OH is 7. The average Bonchev–Trinajstić information content (AvgIpc) is 2.94. The molecule has 0 amide bonds. The van der Waals surface area contributed by atoms with E-state index in [1.165, 1.54) is 7.11 Å². The Labute approximate surface area is 229 Å². The molecule has 1 aromatic rings. The first-order valence-corrected chi connectivity index (χ1v) is 12.3. The van der Waals surface area contributed by atoms with E-state index in [1.807, 2.05) is 0 Å². The van der Waals surface area contributed by atoms with Crippen molar-refractivity contribution in [3.63, 3.8) is 0 Å². The molecule has 39 heavy (non-hydrogen) atoms. The van der Waals surface area contributed by atoms with Crippen LogP contribution in [0.1, 0.15) is 15.9 Å². The fourth-order valence-corrected chi connectivity index (χ4v) is 4.19. The van der Waals surface area contributed by atoms with E-state index in [1.54, 1.807) is 24.3 Å². The lowest BCUT2D eigenvalue weighted by Crippen LogP contribution is -2.67. The maximum absolute atomic E-state index is 11.6. The quantitative estimate of drug-likeness (QED) is 0.0861. The number of methoxy groups -OCH3 is 1. The summed E-state index contributed by atoms with van der Waals surface area (Å²) in [7, 11) is 1.28. The van der Waals surface area contributed by atoms with Crippen LogP contribution in [0, 0.1) is 11.8 Å². The van der Waals surface area contributed by atoms with E-state index in [2.05, 4.69) is 27.2 Å². The van der Waals surface area contributed by atoms with Gasteiger partial charge in [0.2, 0.25) is 0 Å². The third kappa shape index (κ3) is 7.60. The second-order valence-corrected chi connectivity index (χ2v) is 9.17. The van der Waals surface area contributed by atoms with Crippen molar-refractivity contribution in [3.8, 4) is 11.8 Å². The summed E-state index contributed by atoms with van der Waals surface area (Å²) in [5.74, 6) is 5.19. The first-order chi connectivity index (χ1) is 18.6. The molecule has 2 fully saturated rings. The number of carbonyl (C=O) groups excluding carboxylic acids is 1. The van der Waals surface area contributed by atoms with Crippen LogP contribution in [0.25, 0.3) is 0 Å². The van der Waals surface area contributed by atoms with Gasteiger partial charge in [-0.2, -0.15) is 0 Å². The Hall–Kier alpha value is -2.46. The number of esters is 1. The number of carbonyl (C=O) groups is 1. The number of aliphatic hydroxyl groups is 7. The second kappa shape index (κ2) is 14.3. The van der Waals surface area contributed by atoms with Gasteiger partial charge in [-0.3, -0.25) is 0 Å². The zero-order valence-electron chi connectivity index (χ0n) is 20.8. The molecular weight excluding hydrogens is 540 g/mol. The van der Waals surface area contributed by atoms with Crippen LogP contribution < -0.4 is 10.6 Å². The first kappa shape index (κ1) is 31.1. The SMILES string of the molecule is COC(=O)c1cccc(C#CCNC(=S)N[C@@H]2O[C@H](CO)[C@@H](O[C@@H]3O[C@H](CO)[C@H](O)[C@H](O)[C@H]3O)[C@H](O)[C@H]2O)c1. The monoisotopic (exact) mass is 572 g/mol. The van der Waals surface area contributed by atoms with Gasteiger partial charge in [-0.1, -0.05) is 17.9 Å². The zero-order chi connectivity index (χ0) is 28.7. The molecule has 2 aliphatic heterocycles. The van der Waals surface area contributed by atoms with Gasteiger partial charge in [0.05, 0.1) is 32.4 Å². The molecule has 216 valence electrons. The molecule has 0 aliphatic carbocycles. The molecule has 0 unspecified atom stereocenters. The standard InChI is InChI=1S/C24H32N2O12S/c1-35-22(34)12-6-2-4-11(8-12)5-3-7-25-24(39)26-21-18(32)17(31)20(14(10-28)36-21)38-23-19(33)16(30)15(29)13(9-27)37-23/h2,4,6,8,13-21,23,27-33H,7,9-10H2,1H3,(H2,25,26,39)/t13-,14-,15+,16+,17-,18-,19-,20-,21-,23+/m1/s1. The van der Waals surface area contributed by atoms with Gasteiger partial charge in [-0.25, -0.2) is 4.79 Å². The summed E-state index contributed by atoms with van der Waals surface area (Å²) in [6, 6.07) is 6.54. The molecule has 3 rings (SSSR count). The molecule has 0 bridgehead atoms. The highest BCUT2D eigenvalue weighted by Crippen LogP contribution is 2.28. The van der Waals surface area contributed by atoms with Crippen molar-refractivity contribution in [2.75, 3.05) is 26.9 Å². The van der Waals surface area contributed by atoms with Crippen LogP contribution in [-0.4, -0.2) is 135 Å². The topological polar surface area (TPSA) is 220 Å². The van der Waals surface area contributed by atoms with E-state index >= 15 is 0 Å². The fraction of sp³-hybridized carbons (Fsp3) is 0.583. The highest BCUT2D eigenvalue weighted by Gasteiger charge is 2.50. The second-order valence-electron chi connectivity index (χ2n) is 8.76. The molecule has 2 aliphatic rings. The van der Waals surface area contributed by atoms with Gasteiger partial charge in [0.1, 0.15) is 48.8 Å². The molecule has 1 aromatic carbocycles. The van der Waals surface area contributed by atoms with Crippen LogP contribution in [0.15, 0.2) is 24.3 Å². The van der Waals surface area contributed by atoms with E-state index in [9.17, 15) is 40.5 Å². The predicted molar refractivity (Wildman–Crippen MR) is 135 cm³/mol. The number of hydrogen-bond acceptors (Lipinski definition) is 13. The van der Waals surface area contributed by atoms with Gasteiger partial charge in [-0.15, -0.1) is 0 Å². The molecule has 14 nitrogen and oxygen atoms in total. The molecular formula is C24H32N2O12S. The number of hydrogen-bond donors (Lipinski definition) is 9. The minimum atomic E-state index is -1.76. The zero-order valence-corrected chi connectivity index (χ0v) is 21.6. The molecule has 2 saturated heterocycles. The minimum Gasteiger partial charge on any atom is -0.465 e. The normalized spacial score (nSPS) is 34.4. The van der Waals surface area contributed by atoms with Crippen molar-refractivity contribution >= 4 is 23.3 Å². The van der Waals surface area contributed by atoms with E-state index in [-0.39, 0.29) is 11.7 Å². The summed E-state index contributed by atoms with van der Waals surface area (Å²) in [5, 5.41) is 75.9. The lowest BCUT2D eigenvalue weighted by Gasteiger charge is -2.46. The summed E-state index contributed by atoms with van der Waals surface area (Å²) < 4.78 is 21.1. The minimum absolute atomic E-state index is 0.00820. The van der Waals surface area contributed by atoms with Crippen LogP contribution in [0.4, 0.5) is 0 Å². The lowest BCUT2D eigenvalue weighted by molar-refractivity contribution is -0.342. The van der Waals surface area contributed by atoms with Gasteiger partial charge in [-0.05, 0) is 30.4 Å². The number of rotatable bonds is 7. The first-order valence-electron chi connectivity index (χ1n) is 11.9. The van der Waals surface area contributed by atoms with Crippen LogP contribution in [-0.2, 0) is 18.9 Å². The van der Waals surface area contributed by atoms with E-state index in [0.29, 0.717) is 11.1 Å². The van der Waals surface area contributed by atoms with Gasteiger partial charge in [0, 0.05) is 5.56 Å². The summed E-state index contributed by atoms with van der Waals surface area (Å²) >= 11 is 5.18. The number of benzene rings is 1. The summed E-state index contributed by atoms with van der Waals surface area (Å²) in [5.41, 5.74) is 0.924. The largest absolute Gasteiger partial charge is 0.465 e. The Morgan fingerprint density at radius 1 is 1.00 bits per heavy atom. The van der Waals surface area contributed by atoms with Crippen molar-refractivity contribution in [2.24, 2.45) is 0 Å². The summed E-state index contributed by atoms with van der Waals surface area (Å²) in [6.07, 6.45) is -15.2. The van der Waals surface area contributed by atoms with E-state index in [4.69, 9.17) is 26.4 Å². The Bertz CT molecular complexity index is 1050. The van der Waals surface area contributed by atoms with E-state index in [0.717, 1.165) is 0 Å². The molecule has 0 radical (unpaired) electrons. The number of thiocarbonyl (C=S) groups is 1. The van der Waals surface area contributed by atoms with Crippen molar-refractivity contribution in [1.82, 2.24) is 10.6 Å². The molecule has 0 aromatic heterocycles. The van der Waals surface area contributed by atoms with Crippen LogP contribution in [0.5, 0.6) is 0 Å². The molecule has 9 N–H and O–H groups in total. The predicted octanol–water partition coefficient (Wildman–Crippen LogP) is -4.09. The van der Waals surface area contributed by atoms with Gasteiger partial charge < -0.3 is 65.3 Å². The molecule has 0 saturated carbocycles. The highest BCUT2D eigenvalue weighted by molar-refractivity contribution is 7.80. The van der Waals surface area contributed by atoms with Gasteiger partial charge >= 0.3 is 5.97 Å². The Balaban J connectivity index is 1.56. The van der Waals surface area contributed by atoms with Crippen molar-refractivity contribution in [3.05, 3.63) is 35.4 Å². The van der Waals surface area contributed by atoms with Crippen LogP contribution >= 0.6 is 12.2 Å². The van der Waals surface area contributed by atoms with Crippen LogP contribution in [0.3, 0.4) is 0 Å². The van der Waals surface area contributed by atoms with Crippen LogP contribution in [0.2, 0.25) is 0 Å². The average molecular weight is 573 g/mol. The van der Waals surface area contributed by atoms with Crippen molar-refractivity contribution in [2.45, 2.75) is 61.3 Å². The number of nitrogens with one attached hydrogen (secondary N) is 2. The molecule has 10 atom stereocenters. The Morgan fingerprint density at radius 2 is 1.72 bits per heavy atom. The number of ether oxygens (including phenoxy) is 4. The fourth-order valence-electron chi connectivity index (χ4n) is 4.00. The van der Waals surface area contributed by atoms with Crippen molar-refractivity contribution in [1.29, 1.82) is 0 Å². The van der Waals surface area contributed by atoms with Gasteiger partial charge in [0.25, 0.3) is 0 Å². The molecule has 2 heterocycles. The highest BCUT2D eigenvalue weighted by atomic mass is 32.1. The summed E-state index contributed by atoms with van der Waals surface area (Å²) in [4.78, 5) is 11.6. The maximum Gasteiger partial charge on any atom is 0.337 e. The van der Waals surface area contributed by atoms with E-state index < -0.39 is 80.5 Å². The summed E-state index contributed by atoms with van der Waals surface area (Å²) in [6.45, 7) is -1.30. The lowest BCUT2D eigenvalue weighted by atomic mass is 9.96. The Morgan fingerprint density at radius 3 is 2.38 bits per heavy atom. The Kier molecular flexibility index (Phi) is 11.4. The molecule has 15 heteroatoms. The molecule has 0 spiro atoms. The maximum atomic E-state index is 11.6. The third-order valence-electron chi connectivity index (χ3n) is 6.13. The van der Waals surface area contributed by atoms with Crippen molar-refractivity contribution < 1.29 is 59.5 Å². The smallest absolute Gasteiger partial charge is 0.337 e. The van der Waals surface area contributed by atoms with Gasteiger partial charge in [0.15, 0.2) is 17.6 Å².